The molecule has 0 spiro atoms. The lowest BCUT2D eigenvalue weighted by Gasteiger charge is -2.33. The summed E-state index contributed by atoms with van der Waals surface area (Å²) in [5, 5.41) is 3.37. The normalized spacial score (nSPS) is 19.2. The Morgan fingerprint density at radius 1 is 1.29 bits per heavy atom. The highest BCUT2D eigenvalue weighted by atomic mass is 79.9. The van der Waals surface area contributed by atoms with Crippen molar-refractivity contribution in [1.29, 1.82) is 0 Å². The summed E-state index contributed by atoms with van der Waals surface area (Å²) >= 11 is 7.03. The van der Waals surface area contributed by atoms with Gasteiger partial charge in [0.15, 0.2) is 0 Å². The Kier molecular flexibility index (Phi) is 4.47. The summed E-state index contributed by atoms with van der Waals surface area (Å²) in [6, 6.07) is 4.46. The van der Waals surface area contributed by atoms with Gasteiger partial charge in [0.05, 0.1) is 5.69 Å². The highest BCUT2D eigenvalue weighted by molar-refractivity contribution is 9.11. The zero-order valence-electron chi connectivity index (χ0n) is 9.84. The van der Waals surface area contributed by atoms with Gasteiger partial charge in [-0.05, 0) is 40.5 Å². The second-order valence-electron chi connectivity index (χ2n) is 4.35. The first-order chi connectivity index (χ1) is 8.09. The maximum absolute atomic E-state index is 6.15. The molecule has 3 nitrogen and oxygen atoms in total. The summed E-state index contributed by atoms with van der Waals surface area (Å²) in [5.41, 5.74) is 8.18. The van der Waals surface area contributed by atoms with Gasteiger partial charge in [-0.3, -0.25) is 4.90 Å². The van der Waals surface area contributed by atoms with Gasteiger partial charge in [-0.2, -0.15) is 0 Å². The van der Waals surface area contributed by atoms with Crippen LogP contribution in [0.2, 0.25) is 0 Å². The molecule has 1 aliphatic heterocycles. The van der Waals surface area contributed by atoms with Crippen LogP contribution in [-0.4, -0.2) is 31.1 Å². The summed E-state index contributed by atoms with van der Waals surface area (Å²) in [6.45, 7) is 6.48. The van der Waals surface area contributed by atoms with Crippen LogP contribution in [0.4, 0.5) is 5.69 Å². The number of hydrogen-bond donors (Lipinski definition) is 2. The van der Waals surface area contributed by atoms with Crippen molar-refractivity contribution in [2.24, 2.45) is 0 Å². The average Bonchev–Trinajstić information content (AvgIpc) is 2.34. The topological polar surface area (TPSA) is 41.3 Å². The van der Waals surface area contributed by atoms with Crippen LogP contribution in [0.1, 0.15) is 18.5 Å². The molecule has 2 rings (SSSR count). The Bertz CT molecular complexity index is 403. The predicted molar refractivity (Wildman–Crippen MR) is 79.1 cm³/mol. The molecule has 0 unspecified atom stereocenters. The first-order valence-electron chi connectivity index (χ1n) is 5.79. The molecule has 0 amide bonds. The minimum absolute atomic E-state index is 0.353. The third-order valence-corrected chi connectivity index (χ3v) is 4.39. The van der Waals surface area contributed by atoms with Gasteiger partial charge in [0.1, 0.15) is 0 Å². The number of nitrogen functional groups attached to an aromatic ring is 1. The number of halogens is 2. The molecule has 3 N–H and O–H groups in total. The third-order valence-electron chi connectivity index (χ3n) is 3.28. The lowest BCUT2D eigenvalue weighted by molar-refractivity contribution is 0.186. The minimum atomic E-state index is 0.353. The summed E-state index contributed by atoms with van der Waals surface area (Å²) in [7, 11) is 0. The highest BCUT2D eigenvalue weighted by Crippen LogP contribution is 2.34. The highest BCUT2D eigenvalue weighted by Gasteiger charge is 2.20. The van der Waals surface area contributed by atoms with Crippen LogP contribution in [0.3, 0.4) is 0 Å². The number of piperazine rings is 1. The van der Waals surface area contributed by atoms with Crippen LogP contribution < -0.4 is 11.1 Å². The molecule has 5 heteroatoms. The van der Waals surface area contributed by atoms with E-state index in [9.17, 15) is 0 Å². The van der Waals surface area contributed by atoms with E-state index in [1.165, 1.54) is 5.56 Å². The maximum Gasteiger partial charge on any atom is 0.0507 e. The summed E-state index contributed by atoms with van der Waals surface area (Å²) in [5.74, 6) is 0. The lowest BCUT2D eigenvalue weighted by atomic mass is 10.0. The fraction of sp³-hybridized carbons (Fsp3) is 0.500. The number of hydrogen-bond acceptors (Lipinski definition) is 3. The Morgan fingerprint density at radius 2 is 1.94 bits per heavy atom. The zero-order valence-corrected chi connectivity index (χ0v) is 13.0. The number of rotatable bonds is 2. The molecule has 1 heterocycles. The Labute approximate surface area is 119 Å². The van der Waals surface area contributed by atoms with Gasteiger partial charge in [0.25, 0.3) is 0 Å². The molecule has 0 aromatic heterocycles. The van der Waals surface area contributed by atoms with Gasteiger partial charge < -0.3 is 11.1 Å². The number of nitrogens with two attached hydrogens (primary N) is 1. The van der Waals surface area contributed by atoms with E-state index in [-0.39, 0.29) is 0 Å². The van der Waals surface area contributed by atoms with E-state index in [0.29, 0.717) is 6.04 Å². The van der Waals surface area contributed by atoms with Crippen molar-refractivity contribution in [3.05, 3.63) is 26.6 Å². The monoisotopic (exact) mass is 361 g/mol. The first kappa shape index (κ1) is 13.3. The SMILES string of the molecule is C[C@@H](c1cc(Br)cc(Br)c1N)N1CCNCC1. The number of anilines is 1. The Morgan fingerprint density at radius 3 is 2.59 bits per heavy atom. The molecule has 1 saturated heterocycles. The first-order valence-corrected chi connectivity index (χ1v) is 7.37. The maximum atomic E-state index is 6.15. The van der Waals surface area contributed by atoms with E-state index in [0.717, 1.165) is 40.8 Å². The molecule has 0 saturated carbocycles. The van der Waals surface area contributed by atoms with Crippen molar-refractivity contribution < 1.29 is 0 Å². The van der Waals surface area contributed by atoms with Crippen molar-refractivity contribution in [2.45, 2.75) is 13.0 Å². The van der Waals surface area contributed by atoms with Gasteiger partial charge >= 0.3 is 0 Å². The second-order valence-corrected chi connectivity index (χ2v) is 6.12. The molecule has 0 radical (unpaired) electrons. The van der Waals surface area contributed by atoms with Crippen molar-refractivity contribution in [3.8, 4) is 0 Å². The third kappa shape index (κ3) is 3.02. The Hall–Kier alpha value is -0.100. The van der Waals surface area contributed by atoms with Crippen molar-refractivity contribution in [1.82, 2.24) is 10.2 Å². The molecule has 94 valence electrons. The predicted octanol–water partition coefficient (Wildman–Crippen LogP) is 2.76. The quantitative estimate of drug-likeness (QED) is 0.795. The van der Waals surface area contributed by atoms with Crippen LogP contribution in [-0.2, 0) is 0 Å². The van der Waals surface area contributed by atoms with Gasteiger partial charge in [-0.25, -0.2) is 0 Å². The van der Waals surface area contributed by atoms with Crippen molar-refractivity contribution in [2.75, 3.05) is 31.9 Å². The van der Waals surface area contributed by atoms with E-state index in [2.05, 4.69) is 55.1 Å². The molecule has 0 aliphatic carbocycles. The van der Waals surface area contributed by atoms with E-state index in [1.807, 2.05) is 6.07 Å². The average molecular weight is 363 g/mol. The number of benzene rings is 1. The Balaban J connectivity index is 2.26. The summed E-state index contributed by atoms with van der Waals surface area (Å²) < 4.78 is 2.03. The lowest BCUT2D eigenvalue weighted by Crippen LogP contribution is -2.44. The van der Waals surface area contributed by atoms with Gasteiger partial charge in [0.2, 0.25) is 0 Å². The van der Waals surface area contributed by atoms with Crippen LogP contribution in [0.15, 0.2) is 21.1 Å². The molecule has 17 heavy (non-hydrogen) atoms. The smallest absolute Gasteiger partial charge is 0.0507 e. The van der Waals surface area contributed by atoms with Gasteiger partial charge in [-0.1, -0.05) is 15.9 Å². The molecule has 1 atom stereocenters. The van der Waals surface area contributed by atoms with Crippen LogP contribution in [0, 0.1) is 0 Å². The second kappa shape index (κ2) is 5.69. The van der Waals surface area contributed by atoms with Gasteiger partial charge in [0, 0.05) is 41.2 Å². The molecular weight excluding hydrogens is 346 g/mol. The van der Waals surface area contributed by atoms with Crippen LogP contribution in [0.25, 0.3) is 0 Å². The standard InChI is InChI=1S/C12H17Br2N3/c1-8(17-4-2-16-3-5-17)10-6-9(13)7-11(14)12(10)15/h6-8,16H,2-5,15H2,1H3/t8-/m0/s1. The molecular formula is C12H17Br2N3. The molecule has 1 fully saturated rings. The molecule has 1 aliphatic rings. The van der Waals surface area contributed by atoms with E-state index in [1.54, 1.807) is 0 Å². The minimum Gasteiger partial charge on any atom is -0.398 e. The number of nitrogens with one attached hydrogen (secondary N) is 1. The number of nitrogens with zero attached hydrogens (tertiary/aromatic N) is 1. The molecule has 0 bridgehead atoms. The van der Waals surface area contributed by atoms with Gasteiger partial charge in [-0.15, -0.1) is 0 Å². The fourth-order valence-corrected chi connectivity index (χ4v) is 3.47. The van der Waals surface area contributed by atoms with E-state index in [4.69, 9.17) is 5.73 Å². The van der Waals surface area contributed by atoms with Crippen LogP contribution >= 0.6 is 31.9 Å². The van der Waals surface area contributed by atoms with Crippen molar-refractivity contribution >= 4 is 37.5 Å². The summed E-state index contributed by atoms with van der Waals surface area (Å²) in [4.78, 5) is 2.46. The van der Waals surface area contributed by atoms with Crippen LogP contribution in [0.5, 0.6) is 0 Å². The fourth-order valence-electron chi connectivity index (χ4n) is 2.22. The zero-order chi connectivity index (χ0) is 12.4. The molecule has 1 aromatic carbocycles. The van der Waals surface area contributed by atoms with Crippen molar-refractivity contribution in [3.63, 3.8) is 0 Å². The largest absolute Gasteiger partial charge is 0.398 e. The summed E-state index contributed by atoms with van der Waals surface area (Å²) in [6.07, 6.45) is 0. The molecule has 1 aromatic rings. The van der Waals surface area contributed by atoms with E-state index >= 15 is 0 Å². The van der Waals surface area contributed by atoms with E-state index < -0.39 is 0 Å².